The van der Waals surface area contributed by atoms with E-state index in [0.717, 1.165) is 31.3 Å². The Morgan fingerprint density at radius 1 is 1.13 bits per heavy atom. The van der Waals surface area contributed by atoms with Gasteiger partial charge in [0.15, 0.2) is 5.78 Å². The number of hydrogen-bond donors (Lipinski definition) is 1. The fourth-order valence-corrected chi connectivity index (χ4v) is 6.84. The van der Waals surface area contributed by atoms with Gasteiger partial charge in [-0.2, -0.15) is 0 Å². The van der Waals surface area contributed by atoms with Crippen LogP contribution in [-0.4, -0.2) is 16.5 Å². The van der Waals surface area contributed by atoms with E-state index in [-0.39, 0.29) is 16.6 Å². The van der Waals surface area contributed by atoms with Crippen molar-refractivity contribution in [1.29, 1.82) is 0 Å². The van der Waals surface area contributed by atoms with Crippen molar-refractivity contribution in [2.75, 3.05) is 0 Å². The summed E-state index contributed by atoms with van der Waals surface area (Å²) in [6.45, 7) is 10.8. The Kier molecular flexibility index (Phi) is 3.12. The number of carbonyl (C=O) groups is 1. The van der Waals surface area contributed by atoms with Gasteiger partial charge in [0.2, 0.25) is 0 Å². The van der Waals surface area contributed by atoms with Gasteiger partial charge in [0.25, 0.3) is 0 Å². The molecule has 0 aliphatic heterocycles. The van der Waals surface area contributed by atoms with Crippen LogP contribution in [0, 0.1) is 28.6 Å². The van der Waals surface area contributed by atoms with Crippen molar-refractivity contribution >= 4 is 5.78 Å². The Labute approximate surface area is 140 Å². The van der Waals surface area contributed by atoms with Crippen LogP contribution in [0.4, 0.5) is 0 Å². The Bertz CT molecular complexity index is 613. The Morgan fingerprint density at radius 3 is 2.57 bits per heavy atom. The van der Waals surface area contributed by atoms with Gasteiger partial charge in [-0.05, 0) is 92.1 Å². The molecule has 4 aliphatic rings. The van der Waals surface area contributed by atoms with Gasteiger partial charge in [0.05, 0.1) is 5.60 Å². The first-order valence-corrected chi connectivity index (χ1v) is 9.35. The predicted molar refractivity (Wildman–Crippen MR) is 91.9 cm³/mol. The minimum Gasteiger partial charge on any atom is -0.390 e. The van der Waals surface area contributed by atoms with Crippen LogP contribution in [0.15, 0.2) is 23.8 Å². The summed E-state index contributed by atoms with van der Waals surface area (Å²) in [7, 11) is 0. The van der Waals surface area contributed by atoms with Gasteiger partial charge in [0.1, 0.15) is 0 Å². The maximum Gasteiger partial charge on any atom is 0.181 e. The molecule has 4 aliphatic carbocycles. The summed E-state index contributed by atoms with van der Waals surface area (Å²) in [6.07, 6.45) is 9.42. The lowest BCUT2D eigenvalue weighted by Crippen LogP contribution is -2.54. The fourth-order valence-electron chi connectivity index (χ4n) is 6.84. The summed E-state index contributed by atoms with van der Waals surface area (Å²) in [5, 5.41) is 10.9. The topological polar surface area (TPSA) is 37.3 Å². The van der Waals surface area contributed by atoms with E-state index in [0.29, 0.717) is 17.8 Å². The number of carbonyl (C=O) groups excluding carboxylic acids is 1. The summed E-state index contributed by atoms with van der Waals surface area (Å²) >= 11 is 0. The molecular weight excluding hydrogens is 284 g/mol. The number of ketones is 1. The maximum absolute atomic E-state index is 12.1. The third-order valence-electron chi connectivity index (χ3n) is 8.53. The van der Waals surface area contributed by atoms with Crippen molar-refractivity contribution in [1.82, 2.24) is 0 Å². The van der Waals surface area contributed by atoms with Crippen molar-refractivity contribution in [3.8, 4) is 0 Å². The van der Waals surface area contributed by atoms with E-state index < -0.39 is 5.60 Å². The molecule has 0 aromatic heterocycles. The number of fused-ring (bicyclic) bond motifs is 5. The van der Waals surface area contributed by atoms with Crippen LogP contribution in [0.1, 0.15) is 65.7 Å². The van der Waals surface area contributed by atoms with Crippen molar-refractivity contribution in [2.24, 2.45) is 28.6 Å². The third kappa shape index (κ3) is 1.88. The summed E-state index contributed by atoms with van der Waals surface area (Å²) in [5.74, 6) is 2.14. The lowest BCUT2D eigenvalue weighted by molar-refractivity contribution is -0.120. The first-order valence-electron chi connectivity index (χ1n) is 9.35. The minimum atomic E-state index is -0.508. The molecule has 0 heterocycles. The van der Waals surface area contributed by atoms with E-state index >= 15 is 0 Å². The second-order valence-electron chi connectivity index (χ2n) is 9.42. The largest absolute Gasteiger partial charge is 0.390 e. The second kappa shape index (κ2) is 4.59. The van der Waals surface area contributed by atoms with E-state index in [9.17, 15) is 9.90 Å². The number of allylic oxidation sites excluding steroid dienone is 2. The SMILES string of the molecule is C=C1C[C@]2(C)C(=CC1=O)CC[C@H]1[C@@H]3CC[C@](C)(O)[C@@]3(C)CC[C@@H]12. The highest BCUT2D eigenvalue weighted by Crippen LogP contribution is 2.67. The molecule has 0 bridgehead atoms. The summed E-state index contributed by atoms with van der Waals surface area (Å²) < 4.78 is 0. The zero-order valence-electron chi connectivity index (χ0n) is 14.8. The Morgan fingerprint density at radius 2 is 1.83 bits per heavy atom. The molecule has 0 saturated heterocycles. The van der Waals surface area contributed by atoms with E-state index in [2.05, 4.69) is 27.4 Å². The van der Waals surface area contributed by atoms with Crippen LogP contribution < -0.4 is 0 Å². The molecule has 0 aromatic carbocycles. The standard InChI is InChI=1S/C21H30O2/c1-13-12-19(2)14(11-18(13)22)5-6-15-16(19)7-9-20(3)17(15)8-10-21(20,4)23/h11,15-17,23H,1,5-10,12H2,2-4H3/t15-,16+,17+,19-,20+,21+/m1/s1. The second-order valence-corrected chi connectivity index (χ2v) is 9.42. The molecule has 6 atom stereocenters. The van der Waals surface area contributed by atoms with Gasteiger partial charge in [0, 0.05) is 0 Å². The van der Waals surface area contributed by atoms with Crippen molar-refractivity contribution < 1.29 is 9.90 Å². The lowest BCUT2D eigenvalue weighted by Gasteiger charge is -2.59. The first-order chi connectivity index (χ1) is 10.7. The smallest absolute Gasteiger partial charge is 0.181 e. The van der Waals surface area contributed by atoms with Crippen molar-refractivity contribution in [3.63, 3.8) is 0 Å². The molecule has 3 fully saturated rings. The molecule has 2 heteroatoms. The van der Waals surface area contributed by atoms with Crippen molar-refractivity contribution in [3.05, 3.63) is 23.8 Å². The van der Waals surface area contributed by atoms with Crippen LogP contribution in [0.3, 0.4) is 0 Å². The third-order valence-corrected chi connectivity index (χ3v) is 8.53. The average Bonchev–Trinajstić information content (AvgIpc) is 2.71. The predicted octanol–water partition coefficient (Wildman–Crippen LogP) is 4.44. The van der Waals surface area contributed by atoms with Crippen LogP contribution >= 0.6 is 0 Å². The van der Waals surface area contributed by atoms with Crippen LogP contribution in [0.2, 0.25) is 0 Å². The van der Waals surface area contributed by atoms with Crippen LogP contribution in [0.5, 0.6) is 0 Å². The molecule has 0 radical (unpaired) electrons. The zero-order chi connectivity index (χ0) is 16.6. The molecule has 3 saturated carbocycles. The highest BCUT2D eigenvalue weighted by Gasteiger charge is 2.62. The lowest BCUT2D eigenvalue weighted by atomic mass is 9.46. The number of hydrogen-bond acceptors (Lipinski definition) is 2. The molecule has 0 unspecified atom stereocenters. The monoisotopic (exact) mass is 314 g/mol. The highest BCUT2D eigenvalue weighted by atomic mass is 16.3. The molecule has 0 amide bonds. The highest BCUT2D eigenvalue weighted by molar-refractivity contribution is 6.05. The van der Waals surface area contributed by atoms with Crippen molar-refractivity contribution in [2.45, 2.75) is 71.3 Å². The van der Waals surface area contributed by atoms with E-state index in [4.69, 9.17) is 0 Å². The molecule has 2 nitrogen and oxygen atoms in total. The van der Waals surface area contributed by atoms with E-state index in [1.807, 2.05) is 6.08 Å². The van der Waals surface area contributed by atoms with E-state index in [1.54, 1.807) is 0 Å². The molecule has 126 valence electrons. The van der Waals surface area contributed by atoms with Gasteiger partial charge < -0.3 is 5.11 Å². The Balaban J connectivity index is 1.72. The fraction of sp³-hybridized carbons (Fsp3) is 0.762. The number of aliphatic hydroxyl groups is 1. The van der Waals surface area contributed by atoms with Gasteiger partial charge in [-0.15, -0.1) is 0 Å². The molecule has 4 rings (SSSR count). The first kappa shape index (κ1) is 15.6. The molecule has 0 spiro atoms. The number of rotatable bonds is 0. The minimum absolute atomic E-state index is 0.0766. The average molecular weight is 314 g/mol. The summed E-state index contributed by atoms with van der Waals surface area (Å²) in [6, 6.07) is 0. The molecule has 1 N–H and O–H groups in total. The van der Waals surface area contributed by atoms with Gasteiger partial charge >= 0.3 is 0 Å². The molecule has 0 aromatic rings. The van der Waals surface area contributed by atoms with Gasteiger partial charge in [-0.25, -0.2) is 0 Å². The maximum atomic E-state index is 12.1. The Hall–Kier alpha value is -0.890. The van der Waals surface area contributed by atoms with E-state index in [1.165, 1.54) is 24.8 Å². The molecular formula is C21H30O2. The normalized spacial score (nSPS) is 52.5. The van der Waals surface area contributed by atoms with Crippen LogP contribution in [-0.2, 0) is 4.79 Å². The summed E-state index contributed by atoms with van der Waals surface area (Å²) in [5.41, 5.74) is 1.87. The van der Waals surface area contributed by atoms with Gasteiger partial charge in [-0.3, -0.25) is 4.79 Å². The zero-order valence-corrected chi connectivity index (χ0v) is 14.8. The molecule has 23 heavy (non-hydrogen) atoms. The van der Waals surface area contributed by atoms with Crippen LogP contribution in [0.25, 0.3) is 0 Å². The van der Waals surface area contributed by atoms with Gasteiger partial charge in [-0.1, -0.05) is 26.0 Å². The quantitative estimate of drug-likeness (QED) is 0.671. The summed E-state index contributed by atoms with van der Waals surface area (Å²) in [4.78, 5) is 12.1.